The average molecular weight is 542 g/mol. The fourth-order valence-electron chi connectivity index (χ4n) is 6.20. The van der Waals surface area contributed by atoms with Crippen LogP contribution in [0, 0.1) is 5.92 Å². The van der Waals surface area contributed by atoms with Crippen molar-refractivity contribution in [3.63, 3.8) is 0 Å². The summed E-state index contributed by atoms with van der Waals surface area (Å²) in [6, 6.07) is 20.3. The maximum atomic E-state index is 12.9. The van der Waals surface area contributed by atoms with E-state index in [-0.39, 0.29) is 11.8 Å². The van der Waals surface area contributed by atoms with E-state index in [1.165, 1.54) is 0 Å². The first-order chi connectivity index (χ1) is 16.5. The quantitative estimate of drug-likeness (QED) is 0.498. The fourth-order valence-corrected chi connectivity index (χ4v) is 6.61. The third-order valence-corrected chi connectivity index (χ3v) is 8.41. The maximum absolute atomic E-state index is 12.9. The van der Waals surface area contributed by atoms with Crippen LogP contribution in [0.1, 0.15) is 29.2 Å². The van der Waals surface area contributed by atoms with Gasteiger partial charge in [0.2, 0.25) is 0 Å². The molecule has 1 saturated heterocycles. The molecule has 176 valence electrons. The van der Waals surface area contributed by atoms with Gasteiger partial charge in [0, 0.05) is 48.2 Å². The molecule has 2 aliphatic heterocycles. The average Bonchev–Trinajstić information content (AvgIpc) is 3.26. The van der Waals surface area contributed by atoms with E-state index in [0.717, 1.165) is 41.7 Å². The Bertz CT molecular complexity index is 1190. The van der Waals surface area contributed by atoms with Gasteiger partial charge in [0.15, 0.2) is 11.2 Å². The Labute approximate surface area is 212 Å². The number of aliphatic hydroxyl groups is 1. The molecule has 1 aliphatic carbocycles. The molecule has 2 aromatic carbocycles. The Balaban J connectivity index is 1.56. The number of rotatable bonds is 4. The number of benzene rings is 2. The van der Waals surface area contributed by atoms with Crippen molar-refractivity contribution in [2.75, 3.05) is 32.8 Å². The molecule has 0 radical (unpaired) electrons. The SMILES string of the molecule is O[C@]12c3ncc(Cl)cc3O[C@@]1(c1ccc(Br)cc1)[C@H](c1ccccc1)C[C@@H]2CN1CCOCC1. The standard InChI is InChI=1S/C27H26BrClN2O3/c28-21-8-6-19(7-9-21)27-23(18-4-2-1-3-5-18)14-20(17-31-10-12-33-13-11-31)26(27,32)25-24(34-27)15-22(29)16-30-25/h1-9,15-16,20,23,32H,10-14,17H2/t20-,23+,26-,27+/m1/s1. The smallest absolute Gasteiger partial charge is 0.175 e. The Morgan fingerprint density at radius 1 is 1.09 bits per heavy atom. The van der Waals surface area contributed by atoms with Crippen LogP contribution in [0.2, 0.25) is 5.02 Å². The van der Waals surface area contributed by atoms with Crippen LogP contribution < -0.4 is 4.74 Å². The van der Waals surface area contributed by atoms with E-state index in [1.54, 1.807) is 12.3 Å². The van der Waals surface area contributed by atoms with Gasteiger partial charge in [-0.15, -0.1) is 0 Å². The molecule has 1 N–H and O–H groups in total. The van der Waals surface area contributed by atoms with Crippen molar-refractivity contribution in [3.8, 4) is 5.75 Å². The van der Waals surface area contributed by atoms with Crippen molar-refractivity contribution in [3.05, 3.63) is 93.2 Å². The molecule has 0 spiro atoms. The summed E-state index contributed by atoms with van der Waals surface area (Å²) < 4.78 is 13.4. The van der Waals surface area contributed by atoms with Crippen LogP contribution in [0.4, 0.5) is 0 Å². The van der Waals surface area contributed by atoms with Crippen molar-refractivity contribution >= 4 is 27.5 Å². The summed E-state index contributed by atoms with van der Waals surface area (Å²) in [6.45, 7) is 3.89. The van der Waals surface area contributed by atoms with E-state index in [9.17, 15) is 5.11 Å². The molecule has 3 heterocycles. The maximum Gasteiger partial charge on any atom is 0.175 e. The lowest BCUT2D eigenvalue weighted by molar-refractivity contribution is -0.135. The van der Waals surface area contributed by atoms with Crippen molar-refractivity contribution in [2.24, 2.45) is 5.92 Å². The number of morpholine rings is 1. The summed E-state index contributed by atoms with van der Waals surface area (Å²) in [7, 11) is 0. The zero-order valence-corrected chi connectivity index (χ0v) is 21.0. The van der Waals surface area contributed by atoms with Gasteiger partial charge in [-0.25, -0.2) is 0 Å². The van der Waals surface area contributed by atoms with E-state index in [0.29, 0.717) is 29.7 Å². The minimum absolute atomic E-state index is 0.0705. The second kappa shape index (κ2) is 8.61. The van der Waals surface area contributed by atoms with Crippen molar-refractivity contribution < 1.29 is 14.6 Å². The first kappa shape index (κ1) is 22.5. The minimum Gasteiger partial charge on any atom is -0.476 e. The van der Waals surface area contributed by atoms with Gasteiger partial charge in [-0.1, -0.05) is 70.0 Å². The lowest BCUT2D eigenvalue weighted by Gasteiger charge is -2.42. The van der Waals surface area contributed by atoms with Crippen molar-refractivity contribution in [2.45, 2.75) is 23.5 Å². The number of nitrogens with zero attached hydrogens (tertiary/aromatic N) is 2. The highest BCUT2D eigenvalue weighted by molar-refractivity contribution is 9.10. The Hall–Kier alpha value is -1.96. The molecule has 4 atom stereocenters. The fraction of sp³-hybridized carbons (Fsp3) is 0.370. The number of pyridine rings is 1. The lowest BCUT2D eigenvalue weighted by Crippen LogP contribution is -2.53. The first-order valence-corrected chi connectivity index (χ1v) is 12.9. The van der Waals surface area contributed by atoms with Gasteiger partial charge in [0.05, 0.1) is 18.2 Å². The highest BCUT2D eigenvalue weighted by atomic mass is 79.9. The summed E-state index contributed by atoms with van der Waals surface area (Å²) in [5, 5.41) is 13.4. The van der Waals surface area contributed by atoms with Crippen LogP contribution in [-0.4, -0.2) is 47.8 Å². The molecule has 3 aliphatic rings. The monoisotopic (exact) mass is 540 g/mol. The molecule has 0 bridgehead atoms. The number of fused-ring (bicyclic) bond motifs is 3. The molecule has 0 amide bonds. The zero-order valence-electron chi connectivity index (χ0n) is 18.7. The molecular formula is C27H26BrClN2O3. The van der Waals surface area contributed by atoms with Gasteiger partial charge in [-0.3, -0.25) is 9.88 Å². The number of hydrogen-bond acceptors (Lipinski definition) is 5. The van der Waals surface area contributed by atoms with E-state index in [1.807, 2.05) is 18.2 Å². The molecule has 1 saturated carbocycles. The summed E-state index contributed by atoms with van der Waals surface area (Å²) >= 11 is 9.89. The van der Waals surface area contributed by atoms with Gasteiger partial charge in [0.1, 0.15) is 11.4 Å². The Morgan fingerprint density at radius 3 is 2.56 bits per heavy atom. The predicted molar refractivity (Wildman–Crippen MR) is 134 cm³/mol. The highest BCUT2D eigenvalue weighted by Crippen LogP contribution is 2.68. The molecule has 1 aromatic heterocycles. The lowest BCUT2D eigenvalue weighted by atomic mass is 9.71. The van der Waals surface area contributed by atoms with Crippen LogP contribution in [0.15, 0.2) is 71.3 Å². The third-order valence-electron chi connectivity index (χ3n) is 7.68. The van der Waals surface area contributed by atoms with Crippen LogP contribution >= 0.6 is 27.5 Å². The van der Waals surface area contributed by atoms with Gasteiger partial charge in [-0.2, -0.15) is 0 Å². The second-order valence-electron chi connectivity index (χ2n) is 9.42. The number of aromatic nitrogens is 1. The first-order valence-electron chi connectivity index (χ1n) is 11.7. The highest BCUT2D eigenvalue weighted by Gasteiger charge is 2.73. The Morgan fingerprint density at radius 2 is 1.82 bits per heavy atom. The van der Waals surface area contributed by atoms with E-state index in [2.05, 4.69) is 62.2 Å². The molecule has 0 unspecified atom stereocenters. The summed E-state index contributed by atoms with van der Waals surface area (Å²) in [6.07, 6.45) is 2.39. The number of ether oxygens (including phenoxy) is 2. The largest absolute Gasteiger partial charge is 0.476 e. The molecular weight excluding hydrogens is 516 g/mol. The van der Waals surface area contributed by atoms with Gasteiger partial charge in [0.25, 0.3) is 0 Å². The van der Waals surface area contributed by atoms with Gasteiger partial charge >= 0.3 is 0 Å². The topological polar surface area (TPSA) is 54.8 Å². The molecule has 5 nitrogen and oxygen atoms in total. The van der Waals surface area contributed by atoms with Crippen LogP contribution in [0.5, 0.6) is 5.75 Å². The minimum atomic E-state index is -1.32. The van der Waals surface area contributed by atoms with Crippen LogP contribution in [-0.2, 0) is 15.9 Å². The van der Waals surface area contributed by atoms with Crippen LogP contribution in [0.25, 0.3) is 0 Å². The van der Waals surface area contributed by atoms with Crippen LogP contribution in [0.3, 0.4) is 0 Å². The molecule has 34 heavy (non-hydrogen) atoms. The van der Waals surface area contributed by atoms with E-state index < -0.39 is 11.2 Å². The normalized spacial score (nSPS) is 30.6. The zero-order chi connectivity index (χ0) is 23.3. The van der Waals surface area contributed by atoms with Crippen molar-refractivity contribution in [1.82, 2.24) is 9.88 Å². The summed E-state index contributed by atoms with van der Waals surface area (Å²) in [5.74, 6) is 0.402. The molecule has 6 rings (SSSR count). The second-order valence-corrected chi connectivity index (χ2v) is 10.8. The van der Waals surface area contributed by atoms with E-state index >= 15 is 0 Å². The summed E-state index contributed by atoms with van der Waals surface area (Å²) in [4.78, 5) is 7.06. The number of halogens is 2. The number of hydrogen-bond donors (Lipinski definition) is 1. The Kier molecular flexibility index (Phi) is 5.70. The molecule has 3 aromatic rings. The van der Waals surface area contributed by atoms with Gasteiger partial charge in [-0.05, 0) is 29.7 Å². The van der Waals surface area contributed by atoms with Gasteiger partial charge < -0.3 is 14.6 Å². The van der Waals surface area contributed by atoms with Crippen molar-refractivity contribution in [1.29, 1.82) is 0 Å². The molecule has 7 heteroatoms. The summed E-state index contributed by atoms with van der Waals surface area (Å²) in [5.41, 5.74) is 0.320. The third kappa shape index (κ3) is 3.34. The predicted octanol–water partition coefficient (Wildman–Crippen LogP) is 5.11. The van der Waals surface area contributed by atoms with E-state index in [4.69, 9.17) is 21.1 Å². The molecule has 2 fully saturated rings.